The number of carbonyl (C=O) groups is 1. The molecule has 0 atom stereocenters. The van der Waals surface area contributed by atoms with E-state index in [-0.39, 0.29) is 17.5 Å². The highest BCUT2D eigenvalue weighted by molar-refractivity contribution is 6.30. The minimum absolute atomic E-state index is 0.0893. The molecule has 2 heterocycles. The van der Waals surface area contributed by atoms with E-state index in [9.17, 15) is 9.18 Å². The van der Waals surface area contributed by atoms with Crippen LogP contribution in [0.15, 0.2) is 53.7 Å². The highest BCUT2D eigenvalue weighted by Crippen LogP contribution is 2.26. The topological polar surface area (TPSA) is 96.9 Å². The molecule has 0 saturated heterocycles. The monoisotopic (exact) mass is 497 g/mol. The number of nitrogens with zero attached hydrogens (tertiary/aromatic N) is 2. The summed E-state index contributed by atoms with van der Waals surface area (Å²) in [6.07, 6.45) is 1.39. The van der Waals surface area contributed by atoms with Gasteiger partial charge >= 0.3 is 0 Å². The quantitative estimate of drug-likeness (QED) is 0.412. The summed E-state index contributed by atoms with van der Waals surface area (Å²) in [5.41, 5.74) is 3.39. The van der Waals surface area contributed by atoms with Crippen LogP contribution in [0, 0.1) is 5.95 Å². The summed E-state index contributed by atoms with van der Waals surface area (Å²) in [5, 5.41) is 9.22. The van der Waals surface area contributed by atoms with Crippen molar-refractivity contribution in [2.24, 2.45) is 4.99 Å². The molecule has 1 aliphatic rings. The van der Waals surface area contributed by atoms with Crippen LogP contribution in [0.4, 0.5) is 4.39 Å². The number of amides is 1. The third-order valence-electron chi connectivity index (χ3n) is 5.38. The number of rotatable bonds is 8. The fraction of sp³-hybridized carbons (Fsp3) is 0.240. The molecule has 3 N–H and O–H groups in total. The van der Waals surface area contributed by atoms with Crippen LogP contribution in [0.3, 0.4) is 0 Å². The highest BCUT2D eigenvalue weighted by Gasteiger charge is 2.13. The fourth-order valence-corrected chi connectivity index (χ4v) is 3.79. The van der Waals surface area contributed by atoms with Crippen LogP contribution in [0.2, 0.25) is 5.02 Å². The molecule has 0 spiro atoms. The number of halogens is 2. The predicted octanol–water partition coefficient (Wildman–Crippen LogP) is 3.54. The van der Waals surface area contributed by atoms with Crippen molar-refractivity contribution in [3.05, 3.63) is 76.3 Å². The van der Waals surface area contributed by atoms with Crippen molar-refractivity contribution in [1.29, 1.82) is 0 Å². The molecule has 0 fully saturated rings. The van der Waals surface area contributed by atoms with Gasteiger partial charge in [-0.2, -0.15) is 4.39 Å². The van der Waals surface area contributed by atoms with Crippen molar-refractivity contribution in [2.45, 2.75) is 13.1 Å². The molecule has 8 nitrogen and oxygen atoms in total. The van der Waals surface area contributed by atoms with Crippen LogP contribution in [-0.2, 0) is 13.1 Å². The van der Waals surface area contributed by atoms with Crippen LogP contribution >= 0.6 is 11.6 Å². The van der Waals surface area contributed by atoms with E-state index < -0.39 is 5.95 Å². The summed E-state index contributed by atoms with van der Waals surface area (Å²) < 4.78 is 24.2. The zero-order valence-corrected chi connectivity index (χ0v) is 20.1. The van der Waals surface area contributed by atoms with Gasteiger partial charge < -0.3 is 25.4 Å². The molecular weight excluding hydrogens is 473 g/mol. The molecule has 0 unspecified atom stereocenters. The minimum atomic E-state index is -0.745. The van der Waals surface area contributed by atoms with Crippen molar-refractivity contribution in [1.82, 2.24) is 20.9 Å². The summed E-state index contributed by atoms with van der Waals surface area (Å²) in [6.45, 7) is 2.21. The third kappa shape index (κ3) is 6.19. The Morgan fingerprint density at radius 2 is 1.77 bits per heavy atom. The maximum atomic E-state index is 13.6. The number of carbonyl (C=O) groups excluding carboxylic acids is 1. The molecule has 0 aliphatic carbocycles. The number of pyridine rings is 1. The van der Waals surface area contributed by atoms with E-state index in [1.807, 2.05) is 18.2 Å². The number of hydrogen-bond donors (Lipinski definition) is 3. The Hall–Kier alpha value is -3.85. The number of aromatic nitrogens is 1. The molecule has 0 radical (unpaired) electrons. The number of ether oxygens (including phenoxy) is 2. The van der Waals surface area contributed by atoms with Crippen LogP contribution in [-0.4, -0.2) is 44.2 Å². The Bertz CT molecular complexity index is 1250. The summed E-state index contributed by atoms with van der Waals surface area (Å²) in [5.74, 6) is 0.957. The molecule has 1 aromatic heterocycles. The molecular formula is C25H25ClFN5O3. The number of nitrogens with one attached hydrogen (secondary N) is 3. The molecule has 35 heavy (non-hydrogen) atoms. The Morgan fingerprint density at radius 3 is 2.43 bits per heavy atom. The average molecular weight is 498 g/mol. The average Bonchev–Trinajstić information content (AvgIpc) is 3.41. The van der Waals surface area contributed by atoms with Gasteiger partial charge in [-0.15, -0.1) is 0 Å². The number of hydrogen-bond acceptors (Lipinski definition) is 7. The number of benzene rings is 2. The van der Waals surface area contributed by atoms with Crippen LogP contribution in [0.25, 0.3) is 11.1 Å². The van der Waals surface area contributed by atoms with Gasteiger partial charge in [0, 0.05) is 43.0 Å². The second kappa shape index (κ2) is 11.1. The summed E-state index contributed by atoms with van der Waals surface area (Å²) in [4.78, 5) is 21.1. The molecule has 0 bridgehead atoms. The fourth-order valence-electron chi connectivity index (χ4n) is 3.63. The summed E-state index contributed by atoms with van der Waals surface area (Å²) in [6, 6.07) is 12.3. The Labute approximate surface area is 207 Å². The molecule has 2 aromatic carbocycles. The molecule has 1 amide bonds. The van der Waals surface area contributed by atoms with Crippen molar-refractivity contribution >= 4 is 23.5 Å². The standard InChI is InChI=1S/C25H25ClFN5O3/c1-34-20-7-16(8-21(11-20)35-2)12-31-24(33)18-6-15(13-32-25-28-3-4-29-25)5-17(9-18)19-10-22(26)23(27)30-14-19/h5-11,14H,3-4,12-13H2,1-2H3,(H,31,33)(H2,28,29,32). The molecule has 1 aliphatic heterocycles. The van der Waals surface area contributed by atoms with Crippen LogP contribution < -0.4 is 25.4 Å². The van der Waals surface area contributed by atoms with Gasteiger partial charge in [0.15, 0.2) is 5.96 Å². The first-order valence-corrected chi connectivity index (χ1v) is 11.3. The molecule has 4 rings (SSSR count). The largest absolute Gasteiger partial charge is 0.497 e. The normalized spacial score (nSPS) is 12.5. The van der Waals surface area contributed by atoms with Crippen LogP contribution in [0.1, 0.15) is 21.5 Å². The van der Waals surface area contributed by atoms with E-state index >= 15 is 0 Å². The van der Waals surface area contributed by atoms with E-state index in [0.717, 1.165) is 17.7 Å². The smallest absolute Gasteiger partial charge is 0.251 e. The number of methoxy groups -OCH3 is 2. The van der Waals surface area contributed by atoms with Gasteiger partial charge in [-0.25, -0.2) is 4.98 Å². The van der Waals surface area contributed by atoms with Gasteiger partial charge in [0.2, 0.25) is 5.95 Å². The molecule has 0 saturated carbocycles. The molecule has 10 heteroatoms. The zero-order chi connectivity index (χ0) is 24.8. The van der Waals surface area contributed by atoms with Crippen molar-refractivity contribution in [2.75, 3.05) is 27.3 Å². The van der Waals surface area contributed by atoms with Gasteiger partial charge in [-0.05, 0) is 53.1 Å². The predicted molar refractivity (Wildman–Crippen MR) is 133 cm³/mol. The lowest BCUT2D eigenvalue weighted by molar-refractivity contribution is 0.0950. The summed E-state index contributed by atoms with van der Waals surface area (Å²) >= 11 is 5.95. The number of aliphatic imine (C=N–C) groups is 1. The summed E-state index contributed by atoms with van der Waals surface area (Å²) in [7, 11) is 3.14. The van der Waals surface area contributed by atoms with Gasteiger partial charge in [0.1, 0.15) is 11.5 Å². The SMILES string of the molecule is COc1cc(CNC(=O)c2cc(CNC3=NCCN3)cc(-c3cnc(F)c(Cl)c3)c2)cc(OC)c1. The maximum Gasteiger partial charge on any atom is 0.251 e. The van der Waals surface area contributed by atoms with Crippen molar-refractivity contribution in [3.63, 3.8) is 0 Å². The highest BCUT2D eigenvalue weighted by atomic mass is 35.5. The lowest BCUT2D eigenvalue weighted by Gasteiger charge is -2.13. The van der Waals surface area contributed by atoms with Gasteiger partial charge in [-0.1, -0.05) is 11.6 Å². The lowest BCUT2D eigenvalue weighted by atomic mass is 10.00. The first-order valence-electron chi connectivity index (χ1n) is 10.9. The van der Waals surface area contributed by atoms with E-state index in [4.69, 9.17) is 21.1 Å². The Morgan fingerprint density at radius 1 is 1.03 bits per heavy atom. The van der Waals surface area contributed by atoms with Gasteiger partial charge in [0.25, 0.3) is 5.91 Å². The van der Waals surface area contributed by atoms with E-state index in [1.54, 1.807) is 32.4 Å². The van der Waals surface area contributed by atoms with Crippen molar-refractivity contribution < 1.29 is 18.7 Å². The van der Waals surface area contributed by atoms with Gasteiger partial charge in [-0.3, -0.25) is 9.79 Å². The second-order valence-corrected chi connectivity index (χ2v) is 8.24. The van der Waals surface area contributed by atoms with E-state index in [0.29, 0.717) is 47.2 Å². The first kappa shape index (κ1) is 24.3. The lowest BCUT2D eigenvalue weighted by Crippen LogP contribution is -2.33. The van der Waals surface area contributed by atoms with Crippen LogP contribution in [0.5, 0.6) is 11.5 Å². The van der Waals surface area contributed by atoms with E-state index in [1.165, 1.54) is 12.3 Å². The minimum Gasteiger partial charge on any atom is -0.497 e. The maximum absolute atomic E-state index is 13.6. The number of guanidine groups is 1. The Balaban J connectivity index is 1.58. The van der Waals surface area contributed by atoms with Crippen molar-refractivity contribution in [3.8, 4) is 22.6 Å². The molecule has 3 aromatic rings. The Kier molecular flexibility index (Phi) is 7.67. The second-order valence-electron chi connectivity index (χ2n) is 7.83. The molecule has 182 valence electrons. The zero-order valence-electron chi connectivity index (χ0n) is 19.3. The first-order chi connectivity index (χ1) is 16.9. The van der Waals surface area contributed by atoms with E-state index in [2.05, 4.69) is 25.9 Å². The van der Waals surface area contributed by atoms with Gasteiger partial charge in [0.05, 0.1) is 25.8 Å². The third-order valence-corrected chi connectivity index (χ3v) is 5.65.